The number of anilines is 1. The summed E-state index contributed by atoms with van der Waals surface area (Å²) in [4.78, 5) is 13.4. The summed E-state index contributed by atoms with van der Waals surface area (Å²) < 4.78 is 10.0. The summed E-state index contributed by atoms with van der Waals surface area (Å²) in [5.74, 6) is -0.394. The molecule has 1 aromatic rings. The number of halogens is 1. The molecule has 0 N–H and O–H groups in total. The molecule has 1 aromatic carbocycles. The molecular weight excluding hydrogens is 268 g/mol. The molecule has 0 radical (unpaired) electrons. The van der Waals surface area contributed by atoms with E-state index in [0.717, 1.165) is 5.69 Å². The van der Waals surface area contributed by atoms with Crippen LogP contribution in [0.15, 0.2) is 18.2 Å². The molecule has 1 unspecified atom stereocenters. The molecule has 6 heteroatoms. The van der Waals surface area contributed by atoms with Gasteiger partial charge >= 0.3 is 5.97 Å². The predicted octanol–water partition coefficient (Wildman–Crippen LogP) is 1.59. The van der Waals surface area contributed by atoms with Gasteiger partial charge in [-0.15, -0.1) is 0 Å². The van der Waals surface area contributed by atoms with Crippen molar-refractivity contribution in [2.75, 3.05) is 31.7 Å². The van der Waals surface area contributed by atoms with E-state index in [9.17, 15) is 4.79 Å². The normalized spacial score (nSPS) is 18.8. The third kappa shape index (κ3) is 2.98. The first-order chi connectivity index (χ1) is 9.15. The minimum Gasteiger partial charge on any atom is -0.467 e. The number of rotatable bonds is 2. The van der Waals surface area contributed by atoms with Gasteiger partial charge in [-0.25, -0.2) is 4.79 Å². The summed E-state index contributed by atoms with van der Waals surface area (Å²) in [7, 11) is 1.33. The van der Waals surface area contributed by atoms with E-state index in [1.165, 1.54) is 7.11 Å². The Bertz CT molecular complexity index is 527. The molecule has 0 aromatic heterocycles. The minimum absolute atomic E-state index is 0.387. The molecule has 0 saturated carbocycles. The van der Waals surface area contributed by atoms with E-state index < -0.39 is 12.1 Å². The summed E-state index contributed by atoms with van der Waals surface area (Å²) in [6.45, 7) is 1.45. The van der Waals surface area contributed by atoms with E-state index in [1.807, 2.05) is 11.0 Å². The highest BCUT2D eigenvalue weighted by Crippen LogP contribution is 2.28. The highest BCUT2D eigenvalue weighted by atomic mass is 35.5. The van der Waals surface area contributed by atoms with E-state index in [2.05, 4.69) is 4.74 Å². The van der Waals surface area contributed by atoms with Crippen LogP contribution in [0.25, 0.3) is 0 Å². The van der Waals surface area contributed by atoms with Crippen molar-refractivity contribution in [2.45, 2.75) is 6.10 Å². The van der Waals surface area contributed by atoms with Gasteiger partial charge in [0.25, 0.3) is 0 Å². The topological polar surface area (TPSA) is 62.6 Å². The summed E-state index contributed by atoms with van der Waals surface area (Å²) in [5, 5.41) is 9.30. The Kier molecular flexibility index (Phi) is 4.25. The number of ether oxygens (including phenoxy) is 2. The van der Waals surface area contributed by atoms with E-state index >= 15 is 0 Å². The molecule has 1 aliphatic heterocycles. The van der Waals surface area contributed by atoms with Crippen molar-refractivity contribution in [3.63, 3.8) is 0 Å². The third-order valence-electron chi connectivity index (χ3n) is 2.95. The molecule has 2 rings (SSSR count). The van der Waals surface area contributed by atoms with Gasteiger partial charge in [-0.1, -0.05) is 11.6 Å². The van der Waals surface area contributed by atoms with E-state index in [-0.39, 0.29) is 0 Å². The molecule has 19 heavy (non-hydrogen) atoms. The number of esters is 1. The monoisotopic (exact) mass is 280 g/mol. The molecule has 1 atom stereocenters. The van der Waals surface area contributed by atoms with Gasteiger partial charge in [-0.2, -0.15) is 5.26 Å². The van der Waals surface area contributed by atoms with Crippen LogP contribution in [0.3, 0.4) is 0 Å². The Hall–Kier alpha value is -1.77. The van der Waals surface area contributed by atoms with Crippen LogP contribution in [0.5, 0.6) is 0 Å². The largest absolute Gasteiger partial charge is 0.467 e. The Morgan fingerprint density at radius 3 is 3.05 bits per heavy atom. The van der Waals surface area contributed by atoms with Gasteiger partial charge in [-0.05, 0) is 18.2 Å². The summed E-state index contributed by atoms with van der Waals surface area (Å²) >= 11 is 6.15. The predicted molar refractivity (Wildman–Crippen MR) is 70.1 cm³/mol. The van der Waals surface area contributed by atoms with Crippen LogP contribution in [-0.4, -0.2) is 38.9 Å². The van der Waals surface area contributed by atoms with Crippen molar-refractivity contribution in [1.29, 1.82) is 5.26 Å². The van der Waals surface area contributed by atoms with Crippen molar-refractivity contribution in [3.8, 4) is 6.07 Å². The molecule has 1 heterocycles. The molecule has 5 nitrogen and oxygen atoms in total. The van der Waals surface area contributed by atoms with Crippen LogP contribution in [0, 0.1) is 11.3 Å². The average Bonchev–Trinajstić information content (AvgIpc) is 2.46. The number of morpholine rings is 1. The molecular formula is C13H13ClN2O3. The van der Waals surface area contributed by atoms with E-state index in [4.69, 9.17) is 21.6 Å². The number of nitrogens with zero attached hydrogens (tertiary/aromatic N) is 2. The quantitative estimate of drug-likeness (QED) is 0.770. The van der Waals surface area contributed by atoms with Gasteiger partial charge in [0.2, 0.25) is 0 Å². The van der Waals surface area contributed by atoms with Gasteiger partial charge < -0.3 is 14.4 Å². The maximum atomic E-state index is 11.5. The van der Waals surface area contributed by atoms with Crippen molar-refractivity contribution in [1.82, 2.24) is 0 Å². The molecule has 0 amide bonds. The van der Waals surface area contributed by atoms with Gasteiger partial charge in [-0.3, -0.25) is 0 Å². The lowest BCUT2D eigenvalue weighted by atomic mass is 10.2. The minimum atomic E-state index is -0.606. The fraction of sp³-hybridized carbons (Fsp3) is 0.385. The maximum absolute atomic E-state index is 11.5. The number of nitriles is 1. The lowest BCUT2D eigenvalue weighted by molar-refractivity contribution is -0.154. The number of hydrogen-bond donors (Lipinski definition) is 0. The van der Waals surface area contributed by atoms with Crippen LogP contribution >= 0.6 is 11.6 Å². The SMILES string of the molecule is COC(=O)C1CN(c2ccc(C#N)cc2Cl)CCO1. The number of carbonyl (C=O) groups is 1. The molecule has 0 aliphatic carbocycles. The zero-order valence-electron chi connectivity index (χ0n) is 10.4. The lowest BCUT2D eigenvalue weighted by Crippen LogP contribution is -2.46. The maximum Gasteiger partial charge on any atom is 0.336 e. The van der Waals surface area contributed by atoms with Crippen molar-refractivity contribution in [2.24, 2.45) is 0 Å². The fourth-order valence-electron chi connectivity index (χ4n) is 1.98. The Labute approximate surface area is 116 Å². The van der Waals surface area contributed by atoms with Gasteiger partial charge in [0.1, 0.15) is 0 Å². The van der Waals surface area contributed by atoms with E-state index in [0.29, 0.717) is 30.3 Å². The Morgan fingerprint density at radius 2 is 2.42 bits per heavy atom. The van der Waals surface area contributed by atoms with Crippen molar-refractivity contribution >= 4 is 23.3 Å². The first kappa shape index (κ1) is 13.7. The second-order valence-electron chi connectivity index (χ2n) is 4.11. The number of methoxy groups -OCH3 is 1. The number of hydrogen-bond acceptors (Lipinski definition) is 5. The van der Waals surface area contributed by atoms with E-state index in [1.54, 1.807) is 18.2 Å². The average molecular weight is 281 g/mol. The fourth-order valence-corrected chi connectivity index (χ4v) is 2.28. The third-order valence-corrected chi connectivity index (χ3v) is 3.25. The van der Waals surface area contributed by atoms with Gasteiger partial charge in [0, 0.05) is 6.54 Å². The zero-order chi connectivity index (χ0) is 13.8. The summed E-state index contributed by atoms with van der Waals surface area (Å²) in [6.07, 6.45) is -0.606. The highest BCUT2D eigenvalue weighted by Gasteiger charge is 2.28. The van der Waals surface area contributed by atoms with Crippen LogP contribution < -0.4 is 4.90 Å². The summed E-state index contributed by atoms with van der Waals surface area (Å²) in [5.41, 5.74) is 1.30. The summed E-state index contributed by atoms with van der Waals surface area (Å²) in [6, 6.07) is 7.12. The standard InChI is InChI=1S/C13H13ClN2O3/c1-18-13(17)12-8-16(4-5-19-12)11-3-2-9(7-15)6-10(11)14/h2-3,6,12H,4-5,8H2,1H3. The first-order valence-corrected chi connectivity index (χ1v) is 6.17. The molecule has 0 bridgehead atoms. The van der Waals surface area contributed by atoms with Crippen LogP contribution in [0.2, 0.25) is 5.02 Å². The number of benzene rings is 1. The van der Waals surface area contributed by atoms with Crippen molar-refractivity contribution in [3.05, 3.63) is 28.8 Å². The molecule has 100 valence electrons. The van der Waals surface area contributed by atoms with Crippen LogP contribution in [0.4, 0.5) is 5.69 Å². The van der Waals surface area contributed by atoms with Crippen molar-refractivity contribution < 1.29 is 14.3 Å². The Morgan fingerprint density at radius 1 is 1.63 bits per heavy atom. The lowest BCUT2D eigenvalue weighted by Gasteiger charge is -2.33. The highest BCUT2D eigenvalue weighted by molar-refractivity contribution is 6.33. The smallest absolute Gasteiger partial charge is 0.336 e. The van der Waals surface area contributed by atoms with Crippen LogP contribution in [-0.2, 0) is 14.3 Å². The molecule has 1 aliphatic rings. The Balaban J connectivity index is 2.18. The first-order valence-electron chi connectivity index (χ1n) is 5.79. The van der Waals surface area contributed by atoms with Gasteiger partial charge in [0.05, 0.1) is 42.6 Å². The second-order valence-corrected chi connectivity index (χ2v) is 4.51. The van der Waals surface area contributed by atoms with Crippen LogP contribution in [0.1, 0.15) is 5.56 Å². The molecule has 1 saturated heterocycles. The zero-order valence-corrected chi connectivity index (χ0v) is 11.2. The molecule has 0 spiro atoms. The second kappa shape index (κ2) is 5.91. The van der Waals surface area contributed by atoms with Gasteiger partial charge in [0.15, 0.2) is 6.10 Å². The number of carbonyl (C=O) groups excluding carboxylic acids is 1. The molecule has 1 fully saturated rings.